The van der Waals surface area contributed by atoms with Crippen molar-refractivity contribution in [3.63, 3.8) is 0 Å². The van der Waals surface area contributed by atoms with Gasteiger partial charge < -0.3 is 25.8 Å². The van der Waals surface area contributed by atoms with Gasteiger partial charge in [0.15, 0.2) is 5.72 Å². The van der Waals surface area contributed by atoms with Crippen LogP contribution in [0.25, 0.3) is 0 Å². The Bertz CT molecular complexity index is 585. The molecule has 110 valence electrons. The molecule has 0 bridgehead atoms. The molecule has 4 atom stereocenters. The molecule has 0 aliphatic carbocycles. The maximum atomic E-state index is 12.0. The Kier molecular flexibility index (Phi) is 3.42. The smallest absolute Gasteiger partial charge is 0.352 e. The van der Waals surface area contributed by atoms with Gasteiger partial charge in [0.25, 0.3) is 0 Å². The number of nitrogens with two attached hydrogens (primary N) is 1. The van der Waals surface area contributed by atoms with Crippen LogP contribution in [-0.2, 0) is 10.5 Å². The lowest BCUT2D eigenvalue weighted by molar-refractivity contribution is -0.157. The van der Waals surface area contributed by atoms with E-state index in [4.69, 9.17) is 10.5 Å². The molecule has 0 saturated carbocycles. The van der Waals surface area contributed by atoms with Crippen LogP contribution in [0.5, 0.6) is 0 Å². The number of nitrogens with zero attached hydrogens (tertiary/aromatic N) is 2. The molecule has 8 heteroatoms. The number of ether oxygens (including phenoxy) is 1. The average molecular weight is 283 g/mol. The minimum atomic E-state index is -1.89. The van der Waals surface area contributed by atoms with Gasteiger partial charge in [0.2, 0.25) is 0 Å². The fourth-order valence-corrected chi connectivity index (χ4v) is 2.45. The first-order valence-electron chi connectivity index (χ1n) is 5.98. The molecule has 0 amide bonds. The third-order valence-corrected chi connectivity index (χ3v) is 3.62. The highest BCUT2D eigenvalue weighted by molar-refractivity contribution is 5.25. The van der Waals surface area contributed by atoms with E-state index >= 15 is 0 Å². The second kappa shape index (κ2) is 4.67. The summed E-state index contributed by atoms with van der Waals surface area (Å²) in [6.07, 6.45) is 0.000682. The minimum Gasteiger partial charge on any atom is -0.394 e. The molecule has 0 spiro atoms. The predicted octanol–water partition coefficient (Wildman–Crippen LogP) is -1.83. The van der Waals surface area contributed by atoms with Gasteiger partial charge in [0, 0.05) is 6.20 Å². The molecule has 1 saturated heterocycles. The Balaban J connectivity index is 2.65. The van der Waals surface area contributed by atoms with Gasteiger partial charge in [-0.05, 0) is 19.1 Å². The first-order chi connectivity index (χ1) is 9.30. The molecule has 0 radical (unpaired) electrons. The number of aromatic nitrogens is 2. The topological polar surface area (TPSA) is 131 Å². The van der Waals surface area contributed by atoms with Crippen molar-refractivity contribution < 1.29 is 20.1 Å². The fraction of sp³-hybridized carbons (Fsp3) is 0.500. The van der Waals surface area contributed by atoms with Crippen molar-refractivity contribution in [1.82, 2.24) is 9.55 Å². The molecule has 1 fully saturated rings. The summed E-state index contributed by atoms with van der Waals surface area (Å²) in [5, 5.41) is 29.8. The zero-order chi connectivity index (χ0) is 15.1. The largest absolute Gasteiger partial charge is 0.394 e. The Hall–Kier alpha value is -1.74. The number of hydrogen-bond acceptors (Lipinski definition) is 7. The molecule has 8 nitrogen and oxygen atoms in total. The molecular formula is C12H17N3O5. The van der Waals surface area contributed by atoms with E-state index in [1.54, 1.807) is 0 Å². The van der Waals surface area contributed by atoms with Crippen LogP contribution < -0.4 is 11.4 Å². The van der Waals surface area contributed by atoms with Crippen LogP contribution in [-0.4, -0.2) is 49.3 Å². The number of rotatable bonds is 3. The Labute approximate surface area is 114 Å². The van der Waals surface area contributed by atoms with Gasteiger partial charge in [-0.3, -0.25) is 4.57 Å². The van der Waals surface area contributed by atoms with Gasteiger partial charge in [-0.25, -0.2) is 4.79 Å². The highest BCUT2D eigenvalue weighted by Gasteiger charge is 2.62. The second-order valence-corrected chi connectivity index (χ2v) is 4.84. The summed E-state index contributed by atoms with van der Waals surface area (Å²) in [7, 11) is 0. The fourth-order valence-electron chi connectivity index (χ4n) is 2.45. The minimum absolute atomic E-state index is 0.0161. The highest BCUT2D eigenvalue weighted by atomic mass is 16.6. The van der Waals surface area contributed by atoms with Crippen molar-refractivity contribution in [2.24, 2.45) is 0 Å². The van der Waals surface area contributed by atoms with E-state index in [9.17, 15) is 20.1 Å². The van der Waals surface area contributed by atoms with Crippen molar-refractivity contribution in [1.29, 1.82) is 0 Å². The van der Waals surface area contributed by atoms with Gasteiger partial charge in [0.05, 0.1) is 6.61 Å². The molecule has 5 N–H and O–H groups in total. The molecule has 2 heterocycles. The average Bonchev–Trinajstić information content (AvgIpc) is 2.59. The lowest BCUT2D eigenvalue weighted by Gasteiger charge is -2.37. The van der Waals surface area contributed by atoms with Crippen molar-refractivity contribution in [2.75, 3.05) is 12.3 Å². The molecule has 1 aliphatic heterocycles. The number of nitrogen functional groups attached to an aromatic ring is 1. The molecule has 1 aliphatic rings. The first kappa shape index (κ1) is 14.7. The molecule has 2 rings (SSSR count). The Morgan fingerprint density at radius 2 is 2.35 bits per heavy atom. The van der Waals surface area contributed by atoms with Crippen molar-refractivity contribution in [3.05, 3.63) is 35.4 Å². The molecule has 0 aromatic carbocycles. The number of anilines is 1. The number of aliphatic hydroxyl groups excluding tert-OH is 2. The van der Waals surface area contributed by atoms with E-state index in [0.717, 1.165) is 4.57 Å². The summed E-state index contributed by atoms with van der Waals surface area (Å²) in [4.78, 5) is 15.5. The third-order valence-electron chi connectivity index (χ3n) is 3.62. The number of aliphatic hydroxyl groups is 3. The van der Waals surface area contributed by atoms with Crippen LogP contribution in [0, 0.1) is 0 Å². The Morgan fingerprint density at radius 1 is 1.70 bits per heavy atom. The highest BCUT2D eigenvalue weighted by Crippen LogP contribution is 2.43. The normalized spacial score (nSPS) is 37.0. The zero-order valence-corrected chi connectivity index (χ0v) is 10.9. The van der Waals surface area contributed by atoms with Crippen molar-refractivity contribution >= 4 is 5.82 Å². The molecular weight excluding hydrogens is 266 g/mol. The molecule has 20 heavy (non-hydrogen) atoms. The zero-order valence-electron chi connectivity index (χ0n) is 10.9. The van der Waals surface area contributed by atoms with Crippen molar-refractivity contribution in [2.45, 2.75) is 30.5 Å². The molecule has 1 aromatic rings. The van der Waals surface area contributed by atoms with E-state index < -0.39 is 35.8 Å². The maximum absolute atomic E-state index is 12.0. The summed E-state index contributed by atoms with van der Waals surface area (Å²) in [5.74, 6) is 0.0161. The summed E-state index contributed by atoms with van der Waals surface area (Å²) in [6.45, 7) is 4.32. The lowest BCUT2D eigenvalue weighted by atomic mass is 9.87. The first-order valence-corrected chi connectivity index (χ1v) is 5.98. The van der Waals surface area contributed by atoms with Crippen molar-refractivity contribution in [3.8, 4) is 0 Å². The number of hydrogen-bond donors (Lipinski definition) is 4. The monoisotopic (exact) mass is 283 g/mol. The van der Waals surface area contributed by atoms with Gasteiger partial charge >= 0.3 is 5.69 Å². The van der Waals surface area contributed by atoms with Crippen LogP contribution in [0.1, 0.15) is 6.92 Å². The quantitative estimate of drug-likeness (QED) is 0.480. The maximum Gasteiger partial charge on any atom is 0.352 e. The van der Waals surface area contributed by atoms with Gasteiger partial charge in [-0.2, -0.15) is 4.98 Å². The summed E-state index contributed by atoms with van der Waals surface area (Å²) < 4.78 is 6.48. The lowest BCUT2D eigenvalue weighted by Crippen LogP contribution is -2.57. The molecule has 0 unspecified atom stereocenters. The van der Waals surface area contributed by atoms with E-state index in [1.165, 1.54) is 25.3 Å². The van der Waals surface area contributed by atoms with E-state index in [2.05, 4.69) is 11.6 Å². The Morgan fingerprint density at radius 3 is 2.80 bits per heavy atom. The predicted molar refractivity (Wildman–Crippen MR) is 69.7 cm³/mol. The van der Waals surface area contributed by atoms with E-state index in [0.29, 0.717) is 0 Å². The van der Waals surface area contributed by atoms with Gasteiger partial charge in [-0.15, -0.1) is 0 Å². The van der Waals surface area contributed by atoms with Crippen LogP contribution >= 0.6 is 0 Å². The summed E-state index contributed by atoms with van der Waals surface area (Å²) in [6, 6.07) is 1.35. The van der Waals surface area contributed by atoms with Crippen LogP contribution in [0.3, 0.4) is 0 Å². The van der Waals surface area contributed by atoms with E-state index in [-0.39, 0.29) is 5.82 Å². The summed E-state index contributed by atoms with van der Waals surface area (Å²) in [5.41, 5.74) is 1.01. The van der Waals surface area contributed by atoms with Crippen LogP contribution in [0.15, 0.2) is 29.7 Å². The van der Waals surface area contributed by atoms with Crippen LogP contribution in [0.4, 0.5) is 5.82 Å². The SMILES string of the molecule is C=C[C@@]1(n2ccc(N)nc2=O)O[C@H](CO)[C@@H](O)[C@@]1(C)O. The summed E-state index contributed by atoms with van der Waals surface area (Å²) >= 11 is 0. The van der Waals surface area contributed by atoms with Gasteiger partial charge in [0.1, 0.15) is 23.6 Å². The van der Waals surface area contributed by atoms with E-state index in [1.807, 2.05) is 0 Å². The second-order valence-electron chi connectivity index (χ2n) is 4.84. The van der Waals surface area contributed by atoms with Crippen LogP contribution in [0.2, 0.25) is 0 Å². The standard InChI is InChI=1S/C12H17N3O5/c1-3-12(15-5-4-8(13)14-10(15)18)11(2,19)9(17)7(6-16)20-12/h3-5,7,9,16-17,19H,1,6H2,2H3,(H2,13,14,18)/t7-,9-,11-,12-/m1/s1. The third kappa shape index (κ3) is 1.77. The van der Waals surface area contributed by atoms with Gasteiger partial charge in [-0.1, -0.05) is 6.58 Å². The molecule has 1 aromatic heterocycles.